The highest BCUT2D eigenvalue weighted by molar-refractivity contribution is 5.71. The van der Waals surface area contributed by atoms with Crippen LogP contribution in [0.3, 0.4) is 0 Å². The Kier molecular flexibility index (Phi) is 7.18. The zero-order valence-electron chi connectivity index (χ0n) is 15.8. The first kappa shape index (κ1) is 19.9. The van der Waals surface area contributed by atoms with Crippen LogP contribution < -0.4 is 10.1 Å². The zero-order chi connectivity index (χ0) is 19.1. The second-order valence-electron chi connectivity index (χ2n) is 6.48. The lowest BCUT2D eigenvalue weighted by Gasteiger charge is -2.15. The summed E-state index contributed by atoms with van der Waals surface area (Å²) in [4.78, 5) is 11.2. The second kappa shape index (κ2) is 9.36. The average Bonchev–Trinajstić information content (AvgIpc) is 2.61. The smallest absolute Gasteiger partial charge is 0.343 e. The average molecular weight is 357 g/mol. The number of esters is 1. The van der Waals surface area contributed by atoms with E-state index in [-0.39, 0.29) is 6.61 Å². The van der Waals surface area contributed by atoms with Crippen LogP contribution in [0.15, 0.2) is 36.4 Å². The van der Waals surface area contributed by atoms with Gasteiger partial charge in [-0.1, -0.05) is 42.0 Å². The Morgan fingerprint density at radius 2 is 1.73 bits per heavy atom. The number of carbonyl (C=O) groups excluding carboxylic acids is 1. The van der Waals surface area contributed by atoms with E-state index in [2.05, 4.69) is 10.1 Å². The summed E-state index contributed by atoms with van der Waals surface area (Å²) in [5.41, 5.74) is 5.10. The van der Waals surface area contributed by atoms with Gasteiger partial charge >= 0.3 is 5.97 Å². The van der Waals surface area contributed by atoms with Gasteiger partial charge in [0, 0.05) is 13.1 Å². The normalized spacial score (nSPS) is 11.9. The molecule has 2 aromatic rings. The third-order valence-corrected chi connectivity index (χ3v) is 4.21. The molecule has 0 aromatic heterocycles. The van der Waals surface area contributed by atoms with E-state index in [0.717, 1.165) is 22.3 Å². The van der Waals surface area contributed by atoms with Crippen molar-refractivity contribution in [2.45, 2.75) is 33.4 Å². The van der Waals surface area contributed by atoms with Gasteiger partial charge in [0.2, 0.25) is 0 Å². The lowest BCUT2D eigenvalue weighted by Crippen LogP contribution is -2.21. The summed E-state index contributed by atoms with van der Waals surface area (Å²) in [5, 5.41) is 13.5. The number of rotatable bonds is 8. The summed E-state index contributed by atoms with van der Waals surface area (Å²) >= 11 is 0. The first-order valence-electron chi connectivity index (χ1n) is 8.65. The van der Waals surface area contributed by atoms with Crippen LogP contribution in [0.2, 0.25) is 0 Å². The number of hydrogen-bond acceptors (Lipinski definition) is 5. The van der Waals surface area contributed by atoms with E-state index >= 15 is 0 Å². The third kappa shape index (κ3) is 5.58. The van der Waals surface area contributed by atoms with Gasteiger partial charge in [-0.2, -0.15) is 0 Å². The number of aliphatic hydroxyl groups excluding tert-OH is 1. The van der Waals surface area contributed by atoms with Crippen molar-refractivity contribution < 1.29 is 19.4 Å². The zero-order valence-corrected chi connectivity index (χ0v) is 15.8. The van der Waals surface area contributed by atoms with Gasteiger partial charge in [0.15, 0.2) is 6.61 Å². The van der Waals surface area contributed by atoms with Crippen molar-refractivity contribution in [3.8, 4) is 5.75 Å². The maximum atomic E-state index is 11.2. The highest BCUT2D eigenvalue weighted by Crippen LogP contribution is 2.25. The van der Waals surface area contributed by atoms with E-state index in [1.165, 1.54) is 12.7 Å². The fourth-order valence-electron chi connectivity index (χ4n) is 2.82. The molecule has 140 valence electrons. The highest BCUT2D eigenvalue weighted by Gasteiger charge is 2.10. The molecule has 0 heterocycles. The number of nitrogens with one attached hydrogen (secondary N) is 1. The molecule has 0 spiro atoms. The lowest BCUT2D eigenvalue weighted by atomic mass is 10.0. The number of aryl methyl sites for hydroxylation is 3. The van der Waals surface area contributed by atoms with Crippen LogP contribution in [0.5, 0.6) is 5.75 Å². The standard InChI is InChI=1S/C21H27NO4/c1-14-5-7-18(8-6-14)19(23)12-22-11-17-9-15(2)21(16(3)10-17)26-13-20(24)25-4/h5-10,19,22-23H,11-13H2,1-4H3. The van der Waals surface area contributed by atoms with E-state index in [1.54, 1.807) is 0 Å². The minimum Gasteiger partial charge on any atom is -0.481 e. The largest absolute Gasteiger partial charge is 0.481 e. The van der Waals surface area contributed by atoms with Gasteiger partial charge in [0.1, 0.15) is 5.75 Å². The van der Waals surface area contributed by atoms with Gasteiger partial charge in [-0.25, -0.2) is 4.79 Å². The van der Waals surface area contributed by atoms with E-state index < -0.39 is 12.1 Å². The Hall–Kier alpha value is -2.37. The van der Waals surface area contributed by atoms with Gasteiger partial charge in [-0.3, -0.25) is 0 Å². The quantitative estimate of drug-likeness (QED) is 0.711. The maximum Gasteiger partial charge on any atom is 0.343 e. The van der Waals surface area contributed by atoms with Gasteiger partial charge in [0.05, 0.1) is 13.2 Å². The lowest BCUT2D eigenvalue weighted by molar-refractivity contribution is -0.142. The monoisotopic (exact) mass is 357 g/mol. The van der Waals surface area contributed by atoms with Crippen molar-refractivity contribution in [3.05, 3.63) is 64.2 Å². The van der Waals surface area contributed by atoms with Gasteiger partial charge in [-0.15, -0.1) is 0 Å². The van der Waals surface area contributed by atoms with Crippen LogP contribution in [0.25, 0.3) is 0 Å². The summed E-state index contributed by atoms with van der Waals surface area (Å²) in [7, 11) is 1.34. The summed E-state index contributed by atoms with van der Waals surface area (Å²) in [5.74, 6) is 0.304. The predicted molar refractivity (Wildman–Crippen MR) is 101 cm³/mol. The summed E-state index contributed by atoms with van der Waals surface area (Å²) in [6.45, 7) is 6.94. The van der Waals surface area contributed by atoms with E-state index in [9.17, 15) is 9.90 Å². The molecule has 0 amide bonds. The number of methoxy groups -OCH3 is 1. The molecule has 26 heavy (non-hydrogen) atoms. The molecule has 2 N–H and O–H groups in total. The molecule has 0 aliphatic heterocycles. The van der Waals surface area contributed by atoms with Crippen molar-refractivity contribution in [2.75, 3.05) is 20.3 Å². The Labute approximate surface area is 155 Å². The van der Waals surface area contributed by atoms with Crippen LogP contribution in [0.4, 0.5) is 0 Å². The molecule has 2 rings (SSSR count). The van der Waals surface area contributed by atoms with Gasteiger partial charge in [0.25, 0.3) is 0 Å². The topological polar surface area (TPSA) is 67.8 Å². The van der Waals surface area contributed by atoms with Crippen molar-refractivity contribution in [3.63, 3.8) is 0 Å². The van der Waals surface area contributed by atoms with E-state index in [0.29, 0.717) is 18.8 Å². The van der Waals surface area contributed by atoms with E-state index in [1.807, 2.05) is 57.2 Å². The van der Waals surface area contributed by atoms with Crippen molar-refractivity contribution in [1.29, 1.82) is 0 Å². The minimum absolute atomic E-state index is 0.0987. The second-order valence-corrected chi connectivity index (χ2v) is 6.48. The third-order valence-electron chi connectivity index (χ3n) is 4.21. The number of carbonyl (C=O) groups is 1. The molecular formula is C21H27NO4. The van der Waals surface area contributed by atoms with Crippen LogP contribution in [-0.2, 0) is 16.1 Å². The number of benzene rings is 2. The maximum absolute atomic E-state index is 11.2. The molecule has 0 fully saturated rings. The summed E-state index contributed by atoms with van der Waals surface area (Å²) < 4.78 is 10.1. The molecule has 1 unspecified atom stereocenters. The Bertz CT molecular complexity index is 717. The molecule has 0 aliphatic carbocycles. The molecule has 0 bridgehead atoms. The Morgan fingerprint density at radius 3 is 2.31 bits per heavy atom. The fourth-order valence-corrected chi connectivity index (χ4v) is 2.82. The molecule has 0 aliphatic rings. The van der Waals surface area contributed by atoms with Gasteiger partial charge < -0.3 is 19.9 Å². The van der Waals surface area contributed by atoms with Crippen molar-refractivity contribution in [1.82, 2.24) is 5.32 Å². The predicted octanol–water partition coefficient (Wildman–Crippen LogP) is 2.99. The number of ether oxygens (including phenoxy) is 2. The van der Waals surface area contributed by atoms with E-state index in [4.69, 9.17) is 4.74 Å². The molecule has 2 aromatic carbocycles. The van der Waals surface area contributed by atoms with Crippen molar-refractivity contribution >= 4 is 5.97 Å². The minimum atomic E-state index is -0.541. The fraction of sp³-hybridized carbons (Fsp3) is 0.381. The molecule has 5 heteroatoms. The molecular weight excluding hydrogens is 330 g/mol. The first-order chi connectivity index (χ1) is 12.4. The SMILES string of the molecule is COC(=O)COc1c(C)cc(CNCC(O)c2ccc(C)cc2)cc1C. The Balaban J connectivity index is 1.91. The van der Waals surface area contributed by atoms with Gasteiger partial charge in [-0.05, 0) is 43.0 Å². The molecule has 0 saturated heterocycles. The van der Waals surface area contributed by atoms with Crippen LogP contribution in [-0.4, -0.2) is 31.3 Å². The highest BCUT2D eigenvalue weighted by atomic mass is 16.6. The molecule has 1 atom stereocenters. The molecule has 0 radical (unpaired) electrons. The molecule has 0 saturated carbocycles. The molecule has 5 nitrogen and oxygen atoms in total. The first-order valence-corrected chi connectivity index (χ1v) is 8.65. The summed E-state index contributed by atoms with van der Waals surface area (Å²) in [6, 6.07) is 11.9. The number of hydrogen-bond donors (Lipinski definition) is 2. The summed E-state index contributed by atoms with van der Waals surface area (Å²) in [6.07, 6.45) is -0.541. The van der Waals surface area contributed by atoms with Crippen LogP contribution in [0, 0.1) is 20.8 Å². The number of aliphatic hydroxyl groups is 1. The van der Waals surface area contributed by atoms with Crippen LogP contribution >= 0.6 is 0 Å². The van der Waals surface area contributed by atoms with Crippen molar-refractivity contribution in [2.24, 2.45) is 0 Å². The Morgan fingerprint density at radius 1 is 1.12 bits per heavy atom. The van der Waals surface area contributed by atoms with Crippen LogP contribution in [0.1, 0.15) is 33.9 Å².